The molecule has 9 nitrogen and oxygen atoms in total. The molecule has 0 aliphatic carbocycles. The lowest BCUT2D eigenvalue weighted by Crippen LogP contribution is -2.37. The number of hydrogen-bond donors (Lipinski definition) is 3. The van der Waals surface area contributed by atoms with Crippen molar-refractivity contribution < 1.29 is 9.42 Å². The number of nitrogens with one attached hydrogen (secondary N) is 1. The molecular formula is C17H20BrN7O2. The molecule has 3 rings (SSSR count). The van der Waals surface area contributed by atoms with Crippen LogP contribution in [0.1, 0.15) is 30.8 Å². The van der Waals surface area contributed by atoms with Gasteiger partial charge in [0.05, 0.1) is 15.6 Å². The van der Waals surface area contributed by atoms with E-state index in [9.17, 15) is 4.79 Å². The van der Waals surface area contributed by atoms with Gasteiger partial charge in [0.25, 0.3) is 0 Å². The van der Waals surface area contributed by atoms with Crippen LogP contribution in [-0.4, -0.2) is 32.7 Å². The molecule has 0 aromatic carbocycles. The quantitative estimate of drug-likeness (QED) is 0.535. The average Bonchev–Trinajstić information content (AvgIpc) is 3.07. The van der Waals surface area contributed by atoms with Gasteiger partial charge in [0.15, 0.2) is 5.52 Å². The van der Waals surface area contributed by atoms with Crippen molar-refractivity contribution in [3.05, 3.63) is 33.6 Å². The summed E-state index contributed by atoms with van der Waals surface area (Å²) in [6.45, 7) is 5.76. The second kappa shape index (κ2) is 7.10. The summed E-state index contributed by atoms with van der Waals surface area (Å²) in [4.78, 5) is 20.5. The number of aryl methyl sites for hydroxylation is 1. The van der Waals surface area contributed by atoms with Crippen molar-refractivity contribution >= 4 is 44.5 Å². The summed E-state index contributed by atoms with van der Waals surface area (Å²) >= 11 is 3.47. The highest BCUT2D eigenvalue weighted by Crippen LogP contribution is 2.27. The van der Waals surface area contributed by atoms with E-state index in [1.54, 1.807) is 13.8 Å². The van der Waals surface area contributed by atoms with E-state index in [0.29, 0.717) is 35.6 Å². The summed E-state index contributed by atoms with van der Waals surface area (Å²) in [7, 11) is 0. The summed E-state index contributed by atoms with van der Waals surface area (Å²) in [5, 5.41) is 10.7. The van der Waals surface area contributed by atoms with Gasteiger partial charge in [-0.2, -0.15) is 0 Å². The first-order valence-electron chi connectivity index (χ1n) is 8.25. The Labute approximate surface area is 164 Å². The standard InChI is InChI=1S/C17H20BrN7O2/c1-8-10(12(19)13-15(22-8)25-27-24-13)6-9-4-5-11(18)14(23-9)21-7-17(2,3)16(20)26/h4-5H,6-7,19H2,1-3H3,(H2,20,26)(H,21,23). The first-order valence-corrected chi connectivity index (χ1v) is 9.05. The van der Waals surface area contributed by atoms with E-state index in [0.717, 1.165) is 21.4 Å². The second-order valence-corrected chi connectivity index (χ2v) is 7.79. The number of nitrogens with zero attached hydrogens (tertiary/aromatic N) is 4. The maximum atomic E-state index is 11.5. The van der Waals surface area contributed by atoms with Crippen LogP contribution in [0, 0.1) is 12.3 Å². The minimum Gasteiger partial charge on any atom is -0.396 e. The van der Waals surface area contributed by atoms with Crippen molar-refractivity contribution in [2.45, 2.75) is 27.2 Å². The molecule has 1 amide bonds. The Morgan fingerprint density at radius 2 is 2.04 bits per heavy atom. The van der Waals surface area contributed by atoms with Crippen LogP contribution in [0.15, 0.2) is 21.2 Å². The number of anilines is 2. The van der Waals surface area contributed by atoms with Crippen LogP contribution in [0.3, 0.4) is 0 Å². The molecular weight excluding hydrogens is 414 g/mol. The Kier molecular flexibility index (Phi) is 5.01. The normalized spacial score (nSPS) is 11.7. The number of nitrogen functional groups attached to an aromatic ring is 1. The Morgan fingerprint density at radius 1 is 1.30 bits per heavy atom. The average molecular weight is 434 g/mol. The predicted molar refractivity (Wildman–Crippen MR) is 105 cm³/mol. The van der Waals surface area contributed by atoms with E-state index in [1.165, 1.54) is 0 Å². The van der Waals surface area contributed by atoms with E-state index in [-0.39, 0.29) is 5.91 Å². The van der Waals surface area contributed by atoms with E-state index in [4.69, 9.17) is 16.1 Å². The monoisotopic (exact) mass is 433 g/mol. The second-order valence-electron chi connectivity index (χ2n) is 6.94. The molecule has 27 heavy (non-hydrogen) atoms. The largest absolute Gasteiger partial charge is 0.396 e. The molecule has 0 saturated heterocycles. The van der Waals surface area contributed by atoms with E-state index in [1.807, 2.05) is 19.1 Å². The Balaban J connectivity index is 1.87. The van der Waals surface area contributed by atoms with Crippen LogP contribution in [0.4, 0.5) is 11.5 Å². The molecule has 3 aromatic heterocycles. The lowest BCUT2D eigenvalue weighted by molar-refractivity contribution is -0.125. The van der Waals surface area contributed by atoms with E-state index in [2.05, 4.69) is 41.5 Å². The first-order chi connectivity index (χ1) is 12.7. The van der Waals surface area contributed by atoms with Gasteiger partial charge in [0, 0.05) is 29.9 Å². The van der Waals surface area contributed by atoms with Crippen molar-refractivity contribution in [3.63, 3.8) is 0 Å². The van der Waals surface area contributed by atoms with Crippen LogP contribution in [0.25, 0.3) is 11.2 Å². The summed E-state index contributed by atoms with van der Waals surface area (Å²) in [6, 6.07) is 3.77. The molecule has 142 valence electrons. The molecule has 0 unspecified atom stereocenters. The Bertz CT molecular complexity index is 1020. The van der Waals surface area contributed by atoms with Crippen LogP contribution >= 0.6 is 15.9 Å². The van der Waals surface area contributed by atoms with Gasteiger partial charge in [-0.05, 0) is 59.1 Å². The third-order valence-corrected chi connectivity index (χ3v) is 5.03. The number of carbonyl (C=O) groups is 1. The molecule has 10 heteroatoms. The molecule has 0 spiro atoms. The summed E-state index contributed by atoms with van der Waals surface area (Å²) < 4.78 is 5.49. The van der Waals surface area contributed by atoms with Gasteiger partial charge in [-0.3, -0.25) is 4.79 Å². The molecule has 3 heterocycles. The highest BCUT2D eigenvalue weighted by atomic mass is 79.9. The first kappa shape index (κ1) is 19.0. The minimum absolute atomic E-state index is 0.358. The third-order valence-electron chi connectivity index (χ3n) is 4.39. The molecule has 0 saturated carbocycles. The van der Waals surface area contributed by atoms with Crippen LogP contribution in [-0.2, 0) is 11.2 Å². The minimum atomic E-state index is -0.701. The fraction of sp³-hybridized carbons (Fsp3) is 0.353. The number of hydrogen-bond acceptors (Lipinski definition) is 8. The topological polar surface area (TPSA) is 146 Å². The molecule has 3 aromatic rings. The van der Waals surface area contributed by atoms with Gasteiger partial charge >= 0.3 is 0 Å². The predicted octanol–water partition coefficient (Wildman–Crippen LogP) is 2.18. The third kappa shape index (κ3) is 3.85. The maximum Gasteiger partial charge on any atom is 0.226 e. The molecule has 0 aliphatic heterocycles. The highest BCUT2D eigenvalue weighted by Gasteiger charge is 2.25. The van der Waals surface area contributed by atoms with Crippen LogP contribution in [0.2, 0.25) is 0 Å². The van der Waals surface area contributed by atoms with Crippen molar-refractivity contribution in [2.24, 2.45) is 11.1 Å². The molecule has 0 atom stereocenters. The van der Waals surface area contributed by atoms with Gasteiger partial charge in [0.2, 0.25) is 11.6 Å². The number of nitrogens with two attached hydrogens (primary N) is 2. The zero-order valence-electron chi connectivity index (χ0n) is 15.2. The van der Waals surface area contributed by atoms with Crippen LogP contribution < -0.4 is 16.8 Å². The van der Waals surface area contributed by atoms with Crippen molar-refractivity contribution in [3.8, 4) is 0 Å². The van der Waals surface area contributed by atoms with Gasteiger partial charge in [-0.25, -0.2) is 14.6 Å². The van der Waals surface area contributed by atoms with Crippen molar-refractivity contribution in [1.82, 2.24) is 20.3 Å². The van der Waals surface area contributed by atoms with E-state index >= 15 is 0 Å². The van der Waals surface area contributed by atoms with Crippen LogP contribution in [0.5, 0.6) is 0 Å². The number of primary amides is 1. The number of pyridine rings is 2. The van der Waals surface area contributed by atoms with Gasteiger partial charge < -0.3 is 16.8 Å². The fourth-order valence-electron chi connectivity index (χ4n) is 2.49. The number of carbonyl (C=O) groups excluding carboxylic acids is 1. The van der Waals surface area contributed by atoms with E-state index < -0.39 is 5.41 Å². The van der Waals surface area contributed by atoms with Gasteiger partial charge in [0.1, 0.15) is 5.82 Å². The number of fused-ring (bicyclic) bond motifs is 1. The molecule has 0 fully saturated rings. The Hall–Kier alpha value is -2.75. The molecule has 0 radical (unpaired) electrons. The molecule has 5 N–H and O–H groups in total. The zero-order chi connectivity index (χ0) is 19.8. The van der Waals surface area contributed by atoms with Gasteiger partial charge in [-0.15, -0.1) is 0 Å². The smallest absolute Gasteiger partial charge is 0.226 e. The summed E-state index contributed by atoms with van der Waals surface area (Å²) in [5.74, 6) is 0.237. The maximum absolute atomic E-state index is 11.5. The van der Waals surface area contributed by atoms with Crippen molar-refractivity contribution in [2.75, 3.05) is 17.6 Å². The number of rotatable bonds is 6. The molecule has 0 bridgehead atoms. The number of aromatic nitrogens is 4. The zero-order valence-corrected chi connectivity index (χ0v) is 16.8. The SMILES string of the molecule is Cc1nc2nonc2c(N)c1Cc1ccc(Br)c(NCC(C)(C)C(N)=O)n1. The number of halogens is 1. The summed E-state index contributed by atoms with van der Waals surface area (Å²) in [5.41, 5.74) is 14.6. The molecule has 0 aliphatic rings. The lowest BCUT2D eigenvalue weighted by Gasteiger charge is -2.21. The van der Waals surface area contributed by atoms with Crippen molar-refractivity contribution in [1.29, 1.82) is 0 Å². The highest BCUT2D eigenvalue weighted by molar-refractivity contribution is 9.10. The fourth-order valence-corrected chi connectivity index (χ4v) is 2.85. The number of amides is 1. The Morgan fingerprint density at radius 3 is 2.74 bits per heavy atom. The summed E-state index contributed by atoms with van der Waals surface area (Å²) in [6.07, 6.45) is 0.467. The lowest BCUT2D eigenvalue weighted by atomic mass is 9.93. The van der Waals surface area contributed by atoms with Gasteiger partial charge in [-0.1, -0.05) is 0 Å².